The second kappa shape index (κ2) is 4.43. The van der Waals surface area contributed by atoms with Crippen LogP contribution in [0.5, 0.6) is 17.2 Å². The summed E-state index contributed by atoms with van der Waals surface area (Å²) in [5, 5.41) is 31.2. The van der Waals surface area contributed by atoms with Crippen molar-refractivity contribution >= 4 is 25.7 Å². The van der Waals surface area contributed by atoms with Gasteiger partial charge in [-0.1, -0.05) is 39.0 Å². The van der Waals surface area contributed by atoms with Crippen LogP contribution < -0.4 is 5.19 Å². The van der Waals surface area contributed by atoms with Crippen molar-refractivity contribution in [1.29, 1.82) is 0 Å². The molecular formula is C14H18O4Si. The van der Waals surface area contributed by atoms with E-state index in [-0.39, 0.29) is 22.1 Å². The van der Waals surface area contributed by atoms with Crippen LogP contribution in [0, 0.1) is 0 Å². The minimum atomic E-state index is -1.80. The van der Waals surface area contributed by atoms with Crippen LogP contribution in [-0.2, 0) is 5.41 Å². The first-order chi connectivity index (χ1) is 8.79. The van der Waals surface area contributed by atoms with E-state index in [0.29, 0.717) is 10.8 Å². The van der Waals surface area contributed by atoms with Gasteiger partial charge in [0, 0.05) is 16.0 Å². The molecule has 0 heterocycles. The molecule has 4 nitrogen and oxygen atoms in total. The van der Waals surface area contributed by atoms with E-state index in [2.05, 4.69) is 0 Å². The maximum absolute atomic E-state index is 10.3. The molecule has 0 bridgehead atoms. The Hall–Kier alpha value is -1.72. The van der Waals surface area contributed by atoms with E-state index < -0.39 is 15.5 Å². The second-order valence-corrected chi connectivity index (χ2v) is 6.68. The lowest BCUT2D eigenvalue weighted by Gasteiger charge is -2.23. The number of rotatable bonds is 1. The summed E-state index contributed by atoms with van der Waals surface area (Å²) in [6.07, 6.45) is 0. The van der Waals surface area contributed by atoms with E-state index in [0.717, 1.165) is 5.56 Å². The van der Waals surface area contributed by atoms with Gasteiger partial charge in [-0.15, -0.1) is 0 Å². The van der Waals surface area contributed by atoms with Gasteiger partial charge < -0.3 is 20.1 Å². The van der Waals surface area contributed by atoms with E-state index in [1.54, 1.807) is 12.1 Å². The molecule has 0 saturated carbocycles. The maximum Gasteiger partial charge on any atom is 0.196 e. The van der Waals surface area contributed by atoms with E-state index in [9.17, 15) is 20.1 Å². The summed E-state index contributed by atoms with van der Waals surface area (Å²) < 4.78 is 0. The minimum absolute atomic E-state index is 0.0849. The van der Waals surface area contributed by atoms with Crippen LogP contribution in [0.15, 0.2) is 18.2 Å². The molecule has 0 saturated heterocycles. The van der Waals surface area contributed by atoms with Gasteiger partial charge in [-0.3, -0.25) is 0 Å². The van der Waals surface area contributed by atoms with Crippen LogP contribution >= 0.6 is 0 Å². The van der Waals surface area contributed by atoms with E-state index >= 15 is 0 Å². The zero-order valence-corrected chi connectivity index (χ0v) is 12.6. The number of phenolic OH excluding ortho intramolecular Hbond substituents is 3. The van der Waals surface area contributed by atoms with Crippen molar-refractivity contribution in [1.82, 2.24) is 0 Å². The second-order valence-electron chi connectivity index (χ2n) is 5.66. The molecule has 0 radical (unpaired) electrons. The Morgan fingerprint density at radius 1 is 0.947 bits per heavy atom. The summed E-state index contributed by atoms with van der Waals surface area (Å²) in [4.78, 5) is 9.38. The molecule has 0 aromatic heterocycles. The lowest BCUT2D eigenvalue weighted by atomic mass is 9.83. The van der Waals surface area contributed by atoms with Crippen molar-refractivity contribution in [2.45, 2.75) is 26.2 Å². The molecule has 102 valence electrons. The third kappa shape index (κ3) is 2.05. The highest BCUT2D eigenvalue weighted by molar-refractivity contribution is 6.49. The molecule has 0 atom stereocenters. The number of benzene rings is 2. The zero-order valence-electron chi connectivity index (χ0n) is 11.2. The van der Waals surface area contributed by atoms with Gasteiger partial charge in [0.15, 0.2) is 21.3 Å². The zero-order chi connectivity index (χ0) is 14.4. The van der Waals surface area contributed by atoms with E-state index in [4.69, 9.17) is 0 Å². The van der Waals surface area contributed by atoms with Crippen LogP contribution in [0.2, 0.25) is 0 Å². The van der Waals surface area contributed by atoms with Gasteiger partial charge >= 0.3 is 0 Å². The molecule has 2 rings (SSSR count). The summed E-state index contributed by atoms with van der Waals surface area (Å²) in [5.74, 6) is -0.814. The van der Waals surface area contributed by atoms with Gasteiger partial charge in [0.25, 0.3) is 0 Å². The Balaban J connectivity index is 3.02. The summed E-state index contributed by atoms with van der Waals surface area (Å²) in [6.45, 7) is 6.00. The fourth-order valence-electron chi connectivity index (χ4n) is 2.31. The van der Waals surface area contributed by atoms with E-state index in [1.165, 1.54) is 0 Å². The fourth-order valence-corrected chi connectivity index (χ4v) is 2.96. The Morgan fingerprint density at radius 2 is 1.58 bits per heavy atom. The average molecular weight is 278 g/mol. The quantitative estimate of drug-likeness (QED) is 0.356. The summed E-state index contributed by atoms with van der Waals surface area (Å²) >= 11 is 0. The van der Waals surface area contributed by atoms with Crippen LogP contribution in [-0.4, -0.2) is 29.9 Å². The number of fused-ring (bicyclic) bond motifs is 1. The van der Waals surface area contributed by atoms with Gasteiger partial charge in [-0.25, -0.2) is 0 Å². The van der Waals surface area contributed by atoms with Crippen molar-refractivity contribution in [2.75, 3.05) is 0 Å². The highest BCUT2D eigenvalue weighted by atomic mass is 28.2. The lowest BCUT2D eigenvalue weighted by Crippen LogP contribution is -2.17. The largest absolute Gasteiger partial charge is 0.507 e. The smallest absolute Gasteiger partial charge is 0.196 e. The fraction of sp³-hybridized carbons (Fsp3) is 0.286. The third-order valence-corrected chi connectivity index (χ3v) is 4.30. The summed E-state index contributed by atoms with van der Waals surface area (Å²) in [6, 6.07) is 5.29. The van der Waals surface area contributed by atoms with Crippen molar-refractivity contribution < 1.29 is 20.1 Å². The predicted molar refractivity (Wildman–Crippen MR) is 78.0 cm³/mol. The summed E-state index contributed by atoms with van der Waals surface area (Å²) in [7, 11) is -1.80. The normalized spacial score (nSPS) is 12.6. The summed E-state index contributed by atoms with van der Waals surface area (Å²) in [5.41, 5.74) is 0.635. The van der Waals surface area contributed by atoms with Crippen molar-refractivity contribution in [3.8, 4) is 17.2 Å². The number of phenols is 3. The first kappa shape index (κ1) is 13.7. The van der Waals surface area contributed by atoms with Crippen LogP contribution in [0.1, 0.15) is 26.3 Å². The van der Waals surface area contributed by atoms with E-state index in [1.807, 2.05) is 26.8 Å². The van der Waals surface area contributed by atoms with Crippen LogP contribution in [0.3, 0.4) is 0 Å². The van der Waals surface area contributed by atoms with Gasteiger partial charge in [-0.2, -0.15) is 0 Å². The molecule has 0 fully saturated rings. The maximum atomic E-state index is 10.3. The third-order valence-electron chi connectivity index (χ3n) is 3.32. The molecule has 0 spiro atoms. The minimum Gasteiger partial charge on any atom is -0.507 e. The lowest BCUT2D eigenvalue weighted by molar-refractivity contribution is 0.405. The first-order valence-corrected chi connectivity index (χ1v) is 7.42. The Kier molecular flexibility index (Phi) is 3.20. The van der Waals surface area contributed by atoms with Crippen LogP contribution in [0.25, 0.3) is 10.8 Å². The molecule has 0 aliphatic carbocycles. The molecule has 0 amide bonds. The number of aromatic hydroxyl groups is 3. The molecule has 0 unspecified atom stereocenters. The molecule has 4 N–H and O–H groups in total. The molecule has 5 heteroatoms. The van der Waals surface area contributed by atoms with Gasteiger partial charge in [0.1, 0.15) is 5.75 Å². The molecule has 0 aliphatic heterocycles. The van der Waals surface area contributed by atoms with Gasteiger partial charge in [0.2, 0.25) is 0 Å². The molecule has 0 aliphatic rings. The highest BCUT2D eigenvalue weighted by Gasteiger charge is 2.24. The monoisotopic (exact) mass is 278 g/mol. The van der Waals surface area contributed by atoms with Crippen molar-refractivity contribution in [3.05, 3.63) is 23.8 Å². The molecule has 19 heavy (non-hydrogen) atoms. The number of hydrogen-bond acceptors (Lipinski definition) is 4. The molecule has 2 aromatic rings. The van der Waals surface area contributed by atoms with Crippen molar-refractivity contribution in [3.63, 3.8) is 0 Å². The van der Waals surface area contributed by atoms with Crippen molar-refractivity contribution in [2.24, 2.45) is 0 Å². The highest BCUT2D eigenvalue weighted by Crippen LogP contribution is 2.42. The SMILES string of the molecule is CC(C)(C)c1cccc2c(O)c(O)c([SiH2]O)c(O)c12. The Morgan fingerprint density at radius 3 is 2.11 bits per heavy atom. The molecular weight excluding hydrogens is 260 g/mol. The first-order valence-electron chi connectivity index (χ1n) is 6.08. The van der Waals surface area contributed by atoms with Gasteiger partial charge in [0.05, 0.1) is 0 Å². The Labute approximate surface area is 113 Å². The topological polar surface area (TPSA) is 80.9 Å². The van der Waals surface area contributed by atoms with Gasteiger partial charge in [-0.05, 0) is 11.0 Å². The molecule has 2 aromatic carbocycles. The standard InChI is InChI=1S/C14H18O4Si/c1-14(2,3)8-6-4-5-7-9(8)11(16)13(19-18)12(17)10(7)15/h4-6,15-18H,19H2,1-3H3. The number of hydrogen-bond donors (Lipinski definition) is 4. The Bertz CT molecular complexity index is 644. The predicted octanol–water partition coefficient (Wildman–Crippen LogP) is 0.956. The van der Waals surface area contributed by atoms with Crippen LogP contribution in [0.4, 0.5) is 0 Å². The average Bonchev–Trinajstić information content (AvgIpc) is 2.35.